The predicted octanol–water partition coefficient (Wildman–Crippen LogP) is 5.83. The SMILES string of the molecule is CC12CC3CC(C1)CC(/C(Cl)=C(/C#N)c1cccs1)(C3)C2. The van der Waals surface area contributed by atoms with Crippen molar-refractivity contribution in [2.24, 2.45) is 22.7 Å². The Kier molecular flexibility index (Phi) is 3.04. The highest BCUT2D eigenvalue weighted by molar-refractivity contribution is 7.11. The molecule has 21 heavy (non-hydrogen) atoms. The molecule has 1 heterocycles. The first-order valence-corrected chi connectivity index (χ1v) is 9.14. The van der Waals surface area contributed by atoms with Crippen LogP contribution in [0.15, 0.2) is 22.5 Å². The lowest BCUT2D eigenvalue weighted by molar-refractivity contribution is -0.0794. The minimum absolute atomic E-state index is 0.0927. The highest BCUT2D eigenvalue weighted by Gasteiger charge is 2.57. The Labute approximate surface area is 135 Å². The van der Waals surface area contributed by atoms with Gasteiger partial charge in [0.05, 0.1) is 5.57 Å². The van der Waals surface area contributed by atoms with Crippen molar-refractivity contribution >= 4 is 28.5 Å². The van der Waals surface area contributed by atoms with E-state index in [0.717, 1.165) is 27.3 Å². The van der Waals surface area contributed by atoms with Gasteiger partial charge in [0.25, 0.3) is 0 Å². The molecule has 5 rings (SSSR count). The zero-order valence-corrected chi connectivity index (χ0v) is 13.9. The third-order valence-corrected chi connectivity index (χ3v) is 7.40. The van der Waals surface area contributed by atoms with Crippen LogP contribution in [0.5, 0.6) is 0 Å². The molecule has 4 aliphatic carbocycles. The quantitative estimate of drug-likeness (QED) is 0.630. The Hall–Kier alpha value is -0.780. The molecule has 0 spiro atoms. The van der Waals surface area contributed by atoms with E-state index in [4.69, 9.17) is 11.6 Å². The highest BCUT2D eigenvalue weighted by Crippen LogP contribution is 2.68. The Morgan fingerprint density at radius 1 is 1.33 bits per heavy atom. The fourth-order valence-corrected chi connectivity index (χ4v) is 7.02. The maximum atomic E-state index is 9.65. The van der Waals surface area contributed by atoms with Gasteiger partial charge in [-0.25, -0.2) is 0 Å². The number of halogens is 1. The molecule has 0 radical (unpaired) electrons. The average molecular weight is 318 g/mol. The zero-order valence-electron chi connectivity index (χ0n) is 12.4. The van der Waals surface area contributed by atoms with Crippen LogP contribution in [0.3, 0.4) is 0 Å². The minimum Gasteiger partial charge on any atom is -0.192 e. The van der Waals surface area contributed by atoms with Crippen molar-refractivity contribution in [3.8, 4) is 6.07 Å². The molecule has 0 aromatic carbocycles. The Bertz CT molecular complexity index is 623. The summed E-state index contributed by atoms with van der Waals surface area (Å²) in [6, 6.07) is 6.42. The highest BCUT2D eigenvalue weighted by atomic mass is 35.5. The standard InChI is InChI=1S/C18H20ClNS/c1-17-6-12-5-13(7-17)9-18(8-12,11-17)16(19)14(10-20)15-3-2-4-21-15/h2-4,12-13H,5-9,11H2,1H3/b16-14+. The maximum Gasteiger partial charge on any atom is 0.102 e. The van der Waals surface area contributed by atoms with Crippen LogP contribution in [0.1, 0.15) is 50.3 Å². The van der Waals surface area contributed by atoms with Crippen molar-refractivity contribution < 1.29 is 0 Å². The molecule has 0 aliphatic heterocycles. The summed E-state index contributed by atoms with van der Waals surface area (Å²) in [5.41, 5.74) is 1.28. The first-order chi connectivity index (χ1) is 10.0. The largest absolute Gasteiger partial charge is 0.192 e. The molecule has 1 aromatic heterocycles. The van der Waals surface area contributed by atoms with Crippen molar-refractivity contribution in [1.29, 1.82) is 5.26 Å². The van der Waals surface area contributed by atoms with Crippen LogP contribution >= 0.6 is 22.9 Å². The molecule has 1 nitrogen and oxygen atoms in total. The van der Waals surface area contributed by atoms with E-state index in [-0.39, 0.29) is 5.41 Å². The summed E-state index contributed by atoms with van der Waals surface area (Å²) in [4.78, 5) is 1.03. The van der Waals surface area contributed by atoms with Crippen LogP contribution in [0.4, 0.5) is 0 Å². The second-order valence-corrected chi connectivity index (χ2v) is 9.16. The molecule has 4 fully saturated rings. The molecule has 0 amide bonds. The molecule has 0 N–H and O–H groups in total. The van der Waals surface area contributed by atoms with Crippen LogP contribution in [0.2, 0.25) is 0 Å². The first-order valence-electron chi connectivity index (χ1n) is 7.88. The van der Waals surface area contributed by atoms with E-state index in [1.54, 1.807) is 11.3 Å². The molecule has 4 saturated carbocycles. The van der Waals surface area contributed by atoms with Gasteiger partial charge in [-0.3, -0.25) is 0 Å². The average Bonchev–Trinajstić information content (AvgIpc) is 2.90. The number of hydrogen-bond donors (Lipinski definition) is 0. The van der Waals surface area contributed by atoms with E-state index >= 15 is 0 Å². The Balaban J connectivity index is 1.80. The number of rotatable bonds is 2. The molecule has 1 aromatic rings. The van der Waals surface area contributed by atoms with Crippen LogP contribution in [0.25, 0.3) is 5.57 Å². The number of nitrogens with zero attached hydrogens (tertiary/aromatic N) is 1. The summed E-state index contributed by atoms with van der Waals surface area (Å²) in [5, 5.41) is 12.5. The molecule has 4 bridgehead atoms. The van der Waals surface area contributed by atoms with Crippen molar-refractivity contribution in [3.63, 3.8) is 0 Å². The van der Waals surface area contributed by atoms with E-state index in [2.05, 4.69) is 13.0 Å². The normalized spacial score (nSPS) is 41.8. The summed E-state index contributed by atoms with van der Waals surface area (Å²) in [7, 11) is 0. The van der Waals surface area contributed by atoms with Gasteiger partial charge in [0.2, 0.25) is 0 Å². The number of nitriles is 1. The molecule has 110 valence electrons. The zero-order chi connectivity index (χ0) is 14.7. The Morgan fingerprint density at radius 2 is 2.05 bits per heavy atom. The summed E-state index contributed by atoms with van der Waals surface area (Å²) in [6.07, 6.45) is 7.72. The van der Waals surface area contributed by atoms with Gasteiger partial charge in [0.1, 0.15) is 6.07 Å². The molecule has 4 aliphatic rings. The topological polar surface area (TPSA) is 23.8 Å². The van der Waals surface area contributed by atoms with Crippen LogP contribution < -0.4 is 0 Å². The lowest BCUT2D eigenvalue weighted by atomic mass is 9.44. The predicted molar refractivity (Wildman–Crippen MR) is 87.9 cm³/mol. The number of hydrogen-bond acceptors (Lipinski definition) is 2. The van der Waals surface area contributed by atoms with Gasteiger partial charge in [0.15, 0.2) is 0 Å². The summed E-state index contributed by atoms with van der Waals surface area (Å²) < 4.78 is 0. The first kappa shape index (κ1) is 13.9. The molecular formula is C18H20ClNS. The third-order valence-electron chi connectivity index (χ3n) is 5.92. The lowest BCUT2D eigenvalue weighted by Gasteiger charge is -2.61. The Morgan fingerprint density at radius 3 is 2.57 bits per heavy atom. The second kappa shape index (κ2) is 4.61. The second-order valence-electron chi connectivity index (χ2n) is 7.83. The summed E-state index contributed by atoms with van der Waals surface area (Å²) in [5.74, 6) is 1.65. The van der Waals surface area contributed by atoms with Gasteiger partial charge < -0.3 is 0 Å². The maximum absolute atomic E-state index is 9.65. The summed E-state index contributed by atoms with van der Waals surface area (Å²) in [6.45, 7) is 2.45. The lowest BCUT2D eigenvalue weighted by Crippen LogP contribution is -2.51. The van der Waals surface area contributed by atoms with Gasteiger partial charge in [-0.05, 0) is 67.2 Å². The minimum atomic E-state index is 0.0927. The van der Waals surface area contributed by atoms with Crippen LogP contribution in [0, 0.1) is 34.0 Å². The van der Waals surface area contributed by atoms with Gasteiger partial charge in [-0.1, -0.05) is 24.6 Å². The van der Waals surface area contributed by atoms with Crippen molar-refractivity contribution in [2.45, 2.75) is 45.4 Å². The molecule has 2 unspecified atom stereocenters. The van der Waals surface area contributed by atoms with Gasteiger partial charge >= 0.3 is 0 Å². The number of allylic oxidation sites excluding steroid dienone is 2. The fourth-order valence-electron chi connectivity index (χ4n) is 5.88. The van der Waals surface area contributed by atoms with E-state index in [9.17, 15) is 5.26 Å². The van der Waals surface area contributed by atoms with E-state index in [0.29, 0.717) is 5.41 Å². The van der Waals surface area contributed by atoms with Crippen molar-refractivity contribution in [2.75, 3.05) is 0 Å². The van der Waals surface area contributed by atoms with Crippen LogP contribution in [-0.4, -0.2) is 0 Å². The smallest absolute Gasteiger partial charge is 0.102 e. The molecule has 2 atom stereocenters. The van der Waals surface area contributed by atoms with Crippen molar-refractivity contribution in [1.82, 2.24) is 0 Å². The van der Waals surface area contributed by atoms with Gasteiger partial charge in [-0.15, -0.1) is 11.3 Å². The fraction of sp³-hybridized carbons (Fsp3) is 0.611. The van der Waals surface area contributed by atoms with Crippen molar-refractivity contribution in [3.05, 3.63) is 27.4 Å². The number of thiophene rings is 1. The van der Waals surface area contributed by atoms with Gasteiger partial charge in [0, 0.05) is 15.3 Å². The molecule has 0 saturated heterocycles. The summed E-state index contributed by atoms with van der Waals surface area (Å²) >= 11 is 8.51. The molecular weight excluding hydrogens is 298 g/mol. The monoisotopic (exact) mass is 317 g/mol. The molecule has 3 heteroatoms. The third kappa shape index (κ3) is 2.09. The van der Waals surface area contributed by atoms with E-state index in [1.165, 1.54) is 38.5 Å². The van der Waals surface area contributed by atoms with E-state index in [1.807, 2.05) is 17.5 Å². The van der Waals surface area contributed by atoms with Gasteiger partial charge in [-0.2, -0.15) is 5.26 Å². The van der Waals surface area contributed by atoms with Crippen LogP contribution in [-0.2, 0) is 0 Å². The van der Waals surface area contributed by atoms with E-state index < -0.39 is 0 Å².